The van der Waals surface area contributed by atoms with Crippen molar-refractivity contribution in [3.63, 3.8) is 0 Å². The lowest BCUT2D eigenvalue weighted by atomic mass is 10.1. The molecule has 1 heterocycles. The Morgan fingerprint density at radius 3 is 2.53 bits per heavy atom. The Morgan fingerprint density at radius 1 is 1.32 bits per heavy atom. The molecule has 0 aliphatic heterocycles. The second-order valence-corrected chi connectivity index (χ2v) is 6.27. The molecule has 0 radical (unpaired) electrons. The van der Waals surface area contributed by atoms with Crippen LogP contribution in [-0.2, 0) is 6.18 Å². The first-order valence-corrected chi connectivity index (χ1v) is 7.18. The second-order valence-electron chi connectivity index (χ2n) is 3.75. The number of hydrogen-bond acceptors (Lipinski definition) is 3. The molecular formula is C11H7BrClF3N2S. The summed E-state index contributed by atoms with van der Waals surface area (Å²) in [7, 11) is 0. The van der Waals surface area contributed by atoms with Crippen molar-refractivity contribution in [3.8, 4) is 10.6 Å². The molecule has 0 fully saturated rings. The van der Waals surface area contributed by atoms with Crippen molar-refractivity contribution >= 4 is 38.9 Å². The molecule has 2 rings (SSSR count). The van der Waals surface area contributed by atoms with Crippen LogP contribution in [0.1, 0.15) is 22.9 Å². The van der Waals surface area contributed by atoms with E-state index in [2.05, 4.69) is 26.1 Å². The Bertz CT molecular complexity index is 598. The maximum atomic E-state index is 12.8. The molecule has 1 aromatic heterocycles. The van der Waals surface area contributed by atoms with Crippen molar-refractivity contribution in [2.24, 2.45) is 0 Å². The third kappa shape index (κ3) is 3.27. The molecule has 0 saturated heterocycles. The molecule has 0 aliphatic rings. The fraction of sp³-hybridized carbons (Fsp3) is 0.273. The lowest BCUT2D eigenvalue weighted by molar-refractivity contribution is -0.138. The molecule has 0 amide bonds. The van der Waals surface area contributed by atoms with E-state index in [4.69, 9.17) is 11.6 Å². The Labute approximate surface area is 124 Å². The van der Waals surface area contributed by atoms with E-state index < -0.39 is 11.7 Å². The van der Waals surface area contributed by atoms with Crippen LogP contribution in [0.15, 0.2) is 22.7 Å². The smallest absolute Gasteiger partial charge is 0.166 e. The Balaban J connectivity index is 2.45. The molecule has 0 N–H and O–H groups in total. The number of nitrogens with zero attached hydrogens (tertiary/aromatic N) is 2. The third-order valence-electron chi connectivity index (χ3n) is 2.30. The molecule has 0 aliphatic carbocycles. The Morgan fingerprint density at radius 2 is 2.00 bits per heavy atom. The van der Waals surface area contributed by atoms with E-state index in [9.17, 15) is 13.2 Å². The van der Waals surface area contributed by atoms with Gasteiger partial charge in [-0.05, 0) is 19.1 Å². The highest BCUT2D eigenvalue weighted by atomic mass is 79.9. The Kier molecular flexibility index (Phi) is 4.17. The standard InChI is InChI=1S/C11H7BrClF3N2S/c1-5(13)9-17-18-10(19-9)6-2-3-8(12)7(4-6)11(14,15)16/h2-5H,1H3. The largest absolute Gasteiger partial charge is 0.417 e. The van der Waals surface area contributed by atoms with Gasteiger partial charge in [0.05, 0.1) is 10.9 Å². The molecule has 102 valence electrons. The summed E-state index contributed by atoms with van der Waals surface area (Å²) >= 11 is 9.93. The SMILES string of the molecule is CC(Cl)c1nnc(-c2ccc(Br)c(C(F)(F)F)c2)s1. The highest BCUT2D eigenvalue weighted by Crippen LogP contribution is 2.38. The highest BCUT2D eigenvalue weighted by Gasteiger charge is 2.33. The normalized spacial score (nSPS) is 13.6. The predicted molar refractivity (Wildman–Crippen MR) is 72.3 cm³/mol. The van der Waals surface area contributed by atoms with Crippen LogP contribution in [0, 0.1) is 0 Å². The summed E-state index contributed by atoms with van der Waals surface area (Å²) in [4.78, 5) is 0. The highest BCUT2D eigenvalue weighted by molar-refractivity contribution is 9.10. The fourth-order valence-electron chi connectivity index (χ4n) is 1.39. The van der Waals surface area contributed by atoms with Gasteiger partial charge in [-0.25, -0.2) is 0 Å². The molecule has 1 atom stereocenters. The predicted octanol–water partition coefficient (Wildman–Crippen LogP) is 5.29. The molecule has 0 bridgehead atoms. The summed E-state index contributed by atoms with van der Waals surface area (Å²) in [6, 6.07) is 3.96. The van der Waals surface area contributed by atoms with Crippen molar-refractivity contribution in [2.45, 2.75) is 18.5 Å². The van der Waals surface area contributed by atoms with E-state index in [1.54, 1.807) is 13.0 Å². The van der Waals surface area contributed by atoms with Crippen LogP contribution < -0.4 is 0 Å². The molecule has 1 unspecified atom stereocenters. The summed E-state index contributed by atoms with van der Waals surface area (Å²) < 4.78 is 38.4. The van der Waals surface area contributed by atoms with Gasteiger partial charge in [-0.15, -0.1) is 21.8 Å². The molecule has 0 saturated carbocycles. The first-order valence-electron chi connectivity index (χ1n) is 5.13. The van der Waals surface area contributed by atoms with Crippen LogP contribution in [0.4, 0.5) is 13.2 Å². The summed E-state index contributed by atoms with van der Waals surface area (Å²) in [6.07, 6.45) is -4.41. The third-order valence-corrected chi connectivity index (χ3v) is 4.48. The van der Waals surface area contributed by atoms with Crippen molar-refractivity contribution in [1.82, 2.24) is 10.2 Å². The van der Waals surface area contributed by atoms with E-state index in [1.165, 1.54) is 17.4 Å². The molecule has 19 heavy (non-hydrogen) atoms. The van der Waals surface area contributed by atoms with Crippen molar-refractivity contribution in [3.05, 3.63) is 33.2 Å². The minimum atomic E-state index is -4.41. The van der Waals surface area contributed by atoms with E-state index >= 15 is 0 Å². The van der Waals surface area contributed by atoms with Gasteiger partial charge in [0, 0.05) is 10.0 Å². The van der Waals surface area contributed by atoms with Gasteiger partial charge in [0.2, 0.25) is 0 Å². The average molecular weight is 372 g/mol. The number of aromatic nitrogens is 2. The van der Waals surface area contributed by atoms with E-state index in [0.717, 1.165) is 6.07 Å². The molecule has 0 spiro atoms. The van der Waals surface area contributed by atoms with Gasteiger partial charge in [-0.3, -0.25) is 0 Å². The van der Waals surface area contributed by atoms with Crippen LogP contribution in [0.3, 0.4) is 0 Å². The van der Waals surface area contributed by atoms with Crippen LogP contribution >= 0.6 is 38.9 Å². The Hall–Kier alpha value is -0.660. The average Bonchev–Trinajstić information content (AvgIpc) is 2.77. The van der Waals surface area contributed by atoms with Crippen LogP contribution in [-0.4, -0.2) is 10.2 Å². The lowest BCUT2D eigenvalue weighted by Gasteiger charge is -2.09. The number of halogens is 5. The van der Waals surface area contributed by atoms with Gasteiger partial charge in [0.25, 0.3) is 0 Å². The van der Waals surface area contributed by atoms with Gasteiger partial charge < -0.3 is 0 Å². The van der Waals surface area contributed by atoms with Gasteiger partial charge in [-0.1, -0.05) is 33.3 Å². The summed E-state index contributed by atoms with van der Waals surface area (Å²) in [5.41, 5.74) is -0.364. The van der Waals surface area contributed by atoms with Gasteiger partial charge >= 0.3 is 6.18 Å². The number of hydrogen-bond donors (Lipinski definition) is 0. The number of rotatable bonds is 2. The molecular weight excluding hydrogens is 365 g/mol. The number of alkyl halides is 4. The molecule has 1 aromatic carbocycles. The van der Waals surface area contributed by atoms with E-state index in [-0.39, 0.29) is 9.85 Å². The first-order chi connectivity index (χ1) is 8.79. The topological polar surface area (TPSA) is 25.8 Å². The van der Waals surface area contributed by atoms with Gasteiger partial charge in [-0.2, -0.15) is 13.2 Å². The number of benzene rings is 1. The van der Waals surface area contributed by atoms with Crippen molar-refractivity contribution < 1.29 is 13.2 Å². The van der Waals surface area contributed by atoms with E-state index in [1.807, 2.05) is 0 Å². The zero-order valence-corrected chi connectivity index (χ0v) is 12.7. The lowest BCUT2D eigenvalue weighted by Crippen LogP contribution is -2.06. The van der Waals surface area contributed by atoms with Gasteiger partial charge in [0.15, 0.2) is 0 Å². The fourth-order valence-corrected chi connectivity index (χ4v) is 2.80. The molecule has 2 nitrogen and oxygen atoms in total. The van der Waals surface area contributed by atoms with Crippen LogP contribution in [0.5, 0.6) is 0 Å². The van der Waals surface area contributed by atoms with Gasteiger partial charge in [0.1, 0.15) is 10.0 Å². The zero-order chi connectivity index (χ0) is 14.2. The molecule has 2 aromatic rings. The maximum absolute atomic E-state index is 12.8. The first kappa shape index (κ1) is 14.7. The minimum Gasteiger partial charge on any atom is -0.166 e. The monoisotopic (exact) mass is 370 g/mol. The summed E-state index contributed by atoms with van der Waals surface area (Å²) in [5.74, 6) is 0. The van der Waals surface area contributed by atoms with Crippen molar-refractivity contribution in [2.75, 3.05) is 0 Å². The summed E-state index contributed by atoms with van der Waals surface area (Å²) in [5, 5.41) is 8.39. The maximum Gasteiger partial charge on any atom is 0.417 e. The van der Waals surface area contributed by atoms with Crippen molar-refractivity contribution in [1.29, 1.82) is 0 Å². The second kappa shape index (κ2) is 5.38. The molecule has 8 heteroatoms. The summed E-state index contributed by atoms with van der Waals surface area (Å²) in [6.45, 7) is 1.73. The van der Waals surface area contributed by atoms with Crippen LogP contribution in [0.25, 0.3) is 10.6 Å². The quantitative estimate of drug-likeness (QED) is 0.671. The van der Waals surface area contributed by atoms with Crippen LogP contribution in [0.2, 0.25) is 0 Å². The van der Waals surface area contributed by atoms with E-state index in [0.29, 0.717) is 15.6 Å². The zero-order valence-electron chi connectivity index (χ0n) is 9.50. The minimum absolute atomic E-state index is 0.000741.